The van der Waals surface area contributed by atoms with Gasteiger partial charge in [0.05, 0.1) is 6.54 Å². The molecule has 0 fully saturated rings. The van der Waals surface area contributed by atoms with E-state index in [-0.39, 0.29) is 42.5 Å². The summed E-state index contributed by atoms with van der Waals surface area (Å²) in [5, 5.41) is 8.24. The van der Waals surface area contributed by atoms with Crippen LogP contribution in [0.5, 0.6) is 0 Å². The van der Waals surface area contributed by atoms with Crippen molar-refractivity contribution in [2.24, 2.45) is 5.92 Å². The molecule has 0 saturated carbocycles. The number of alkyl carbamates (subject to hydrolysis) is 1. The van der Waals surface area contributed by atoms with E-state index in [0.717, 1.165) is 19.3 Å². The van der Waals surface area contributed by atoms with Gasteiger partial charge in [-0.05, 0) is 38.5 Å². The Labute approximate surface area is 162 Å². The van der Waals surface area contributed by atoms with Crippen LogP contribution in [0.4, 0.5) is 4.79 Å². The Morgan fingerprint density at radius 2 is 1.52 bits per heavy atom. The first-order chi connectivity index (χ1) is 12.6. The molecule has 8 nitrogen and oxygen atoms in total. The van der Waals surface area contributed by atoms with Crippen molar-refractivity contribution in [2.75, 3.05) is 13.1 Å². The van der Waals surface area contributed by atoms with E-state index in [2.05, 4.69) is 16.0 Å². The summed E-state index contributed by atoms with van der Waals surface area (Å²) in [4.78, 5) is 45.4. The van der Waals surface area contributed by atoms with Gasteiger partial charge in [0.2, 0.25) is 11.8 Å². The number of carbonyl (C=O) groups excluding carboxylic acids is 4. The second kappa shape index (κ2) is 14.0. The highest BCUT2D eigenvalue weighted by Crippen LogP contribution is 2.11. The van der Waals surface area contributed by atoms with Gasteiger partial charge in [0.15, 0.2) is 0 Å². The number of nitrogens with one attached hydrogen (secondary N) is 3. The molecule has 8 heteroatoms. The Bertz CT molecular complexity index is 476. The number of amides is 3. The Kier molecular flexibility index (Phi) is 12.9. The fourth-order valence-electron chi connectivity index (χ4n) is 2.49. The van der Waals surface area contributed by atoms with Crippen LogP contribution < -0.4 is 16.0 Å². The van der Waals surface area contributed by atoms with Gasteiger partial charge in [0, 0.05) is 32.9 Å². The van der Waals surface area contributed by atoms with Crippen molar-refractivity contribution in [2.45, 2.75) is 78.9 Å². The summed E-state index contributed by atoms with van der Waals surface area (Å²) in [5.41, 5.74) is 0. The van der Waals surface area contributed by atoms with Crippen LogP contribution in [0.3, 0.4) is 0 Å². The molecule has 3 N–H and O–H groups in total. The third-order valence-corrected chi connectivity index (χ3v) is 4.09. The Morgan fingerprint density at radius 1 is 0.889 bits per heavy atom. The summed E-state index contributed by atoms with van der Waals surface area (Å²) < 4.78 is 5.42. The van der Waals surface area contributed by atoms with Crippen LogP contribution in [0.15, 0.2) is 0 Å². The van der Waals surface area contributed by atoms with Crippen molar-refractivity contribution in [1.29, 1.82) is 0 Å². The van der Waals surface area contributed by atoms with Crippen LogP contribution in [-0.2, 0) is 19.1 Å². The number of hydrogen-bond acceptors (Lipinski definition) is 5. The third kappa shape index (κ3) is 14.7. The third-order valence-electron chi connectivity index (χ3n) is 4.09. The lowest BCUT2D eigenvalue weighted by atomic mass is 9.98. The summed E-state index contributed by atoms with van der Waals surface area (Å²) in [6.07, 6.45) is 2.03. The van der Waals surface area contributed by atoms with Crippen LogP contribution in [0.2, 0.25) is 0 Å². The first kappa shape index (κ1) is 24.9. The molecule has 0 spiro atoms. The number of ether oxygens (including phenoxy) is 1. The fraction of sp³-hybridized carbons (Fsp3) is 0.789. The second-order valence-electron chi connectivity index (χ2n) is 7.18. The molecule has 0 saturated heterocycles. The quantitative estimate of drug-likeness (QED) is 0.419. The van der Waals surface area contributed by atoms with E-state index in [9.17, 15) is 19.2 Å². The number of Topliss-reactive ketones (excluding diaryl/α,β-unsaturated/α-hetero) is 1. The minimum Gasteiger partial charge on any atom is -0.444 e. The smallest absolute Gasteiger partial charge is 0.407 e. The van der Waals surface area contributed by atoms with Crippen LogP contribution in [0.25, 0.3) is 0 Å². The molecule has 0 rings (SSSR count). The van der Waals surface area contributed by atoms with E-state index in [0.29, 0.717) is 13.0 Å². The standard InChI is InChI=1S/C19H35N3O5/c1-13(2)18(8-6-7-11-20-15(4)24)22-19(26)27-17(10-9-14(3)23)12-21-16(5)25/h13,17-18H,6-12H2,1-5H3,(H,20,24)(H,21,25)(H,22,26). The monoisotopic (exact) mass is 385 g/mol. The van der Waals surface area contributed by atoms with Gasteiger partial charge in [-0.15, -0.1) is 0 Å². The van der Waals surface area contributed by atoms with Crippen LogP contribution in [0.1, 0.15) is 66.7 Å². The first-order valence-corrected chi connectivity index (χ1v) is 9.57. The lowest BCUT2D eigenvalue weighted by Crippen LogP contribution is -2.42. The normalized spacial score (nSPS) is 12.8. The largest absolute Gasteiger partial charge is 0.444 e. The van der Waals surface area contributed by atoms with Crippen molar-refractivity contribution in [3.63, 3.8) is 0 Å². The zero-order chi connectivity index (χ0) is 20.8. The maximum Gasteiger partial charge on any atom is 0.407 e. The van der Waals surface area contributed by atoms with Gasteiger partial charge in [0.25, 0.3) is 0 Å². The summed E-state index contributed by atoms with van der Waals surface area (Å²) >= 11 is 0. The molecule has 0 radical (unpaired) electrons. The molecule has 27 heavy (non-hydrogen) atoms. The van der Waals surface area contributed by atoms with E-state index in [1.807, 2.05) is 13.8 Å². The molecule has 0 aliphatic carbocycles. The molecule has 0 aromatic carbocycles. The van der Waals surface area contributed by atoms with Gasteiger partial charge in [0.1, 0.15) is 11.9 Å². The average molecular weight is 386 g/mol. The number of hydrogen-bond donors (Lipinski definition) is 3. The van der Waals surface area contributed by atoms with Crippen molar-refractivity contribution in [3.05, 3.63) is 0 Å². The van der Waals surface area contributed by atoms with Crippen LogP contribution in [-0.4, -0.2) is 48.9 Å². The molecule has 0 aromatic rings. The predicted molar refractivity (Wildman–Crippen MR) is 103 cm³/mol. The summed E-state index contributed by atoms with van der Waals surface area (Å²) in [7, 11) is 0. The predicted octanol–water partition coefficient (Wildman–Crippen LogP) is 1.92. The molecule has 0 heterocycles. The molecular formula is C19H35N3O5. The van der Waals surface area contributed by atoms with Gasteiger partial charge in [-0.1, -0.05) is 13.8 Å². The van der Waals surface area contributed by atoms with Crippen LogP contribution >= 0.6 is 0 Å². The highest BCUT2D eigenvalue weighted by molar-refractivity contribution is 5.75. The molecule has 0 aromatic heterocycles. The van der Waals surface area contributed by atoms with E-state index in [1.165, 1.54) is 20.8 Å². The number of rotatable bonds is 13. The Balaban J connectivity index is 4.48. The highest BCUT2D eigenvalue weighted by atomic mass is 16.6. The number of unbranched alkanes of at least 4 members (excludes halogenated alkanes) is 1. The van der Waals surface area contributed by atoms with Crippen molar-refractivity contribution < 1.29 is 23.9 Å². The van der Waals surface area contributed by atoms with Gasteiger partial charge in [-0.2, -0.15) is 0 Å². The summed E-state index contributed by atoms with van der Waals surface area (Å²) in [5.74, 6) is -0.0330. The molecule has 3 amide bonds. The van der Waals surface area contributed by atoms with E-state index in [1.54, 1.807) is 0 Å². The fourth-order valence-corrected chi connectivity index (χ4v) is 2.49. The molecule has 2 atom stereocenters. The van der Waals surface area contributed by atoms with Crippen molar-refractivity contribution in [3.8, 4) is 0 Å². The lowest BCUT2D eigenvalue weighted by molar-refractivity contribution is -0.120. The molecule has 0 aliphatic heterocycles. The molecule has 2 unspecified atom stereocenters. The Morgan fingerprint density at radius 3 is 2.04 bits per heavy atom. The van der Waals surface area contributed by atoms with E-state index in [4.69, 9.17) is 4.74 Å². The molecule has 0 aliphatic rings. The summed E-state index contributed by atoms with van der Waals surface area (Å²) in [6.45, 7) is 9.18. The molecule has 0 bridgehead atoms. The van der Waals surface area contributed by atoms with Gasteiger partial charge >= 0.3 is 6.09 Å². The van der Waals surface area contributed by atoms with Crippen molar-refractivity contribution in [1.82, 2.24) is 16.0 Å². The SMILES string of the molecule is CC(=O)CCC(CNC(C)=O)OC(=O)NC(CCCCNC(C)=O)C(C)C. The van der Waals surface area contributed by atoms with Crippen molar-refractivity contribution >= 4 is 23.7 Å². The minimum atomic E-state index is -0.551. The zero-order valence-corrected chi connectivity index (χ0v) is 17.2. The molecular weight excluding hydrogens is 350 g/mol. The second-order valence-corrected chi connectivity index (χ2v) is 7.18. The minimum absolute atomic E-state index is 0.00561. The van der Waals surface area contributed by atoms with E-state index >= 15 is 0 Å². The first-order valence-electron chi connectivity index (χ1n) is 9.57. The van der Waals surface area contributed by atoms with Gasteiger partial charge < -0.3 is 25.5 Å². The van der Waals surface area contributed by atoms with Gasteiger partial charge in [-0.3, -0.25) is 9.59 Å². The highest BCUT2D eigenvalue weighted by Gasteiger charge is 2.20. The topological polar surface area (TPSA) is 114 Å². The zero-order valence-electron chi connectivity index (χ0n) is 17.2. The Hall–Kier alpha value is -2.12. The number of ketones is 1. The molecule has 156 valence electrons. The summed E-state index contributed by atoms with van der Waals surface area (Å²) in [6, 6.07) is -0.0518. The maximum absolute atomic E-state index is 12.2. The van der Waals surface area contributed by atoms with E-state index < -0.39 is 12.2 Å². The maximum atomic E-state index is 12.2. The van der Waals surface area contributed by atoms with Crippen LogP contribution in [0, 0.1) is 5.92 Å². The lowest BCUT2D eigenvalue weighted by Gasteiger charge is -2.24. The number of carbonyl (C=O) groups is 4. The van der Waals surface area contributed by atoms with Gasteiger partial charge in [-0.25, -0.2) is 4.79 Å². The average Bonchev–Trinajstić information content (AvgIpc) is 2.55.